The molecule has 23 heavy (non-hydrogen) atoms. The molecule has 0 radical (unpaired) electrons. The van der Waals surface area contributed by atoms with Crippen LogP contribution in [0.5, 0.6) is 0 Å². The highest BCUT2D eigenvalue weighted by molar-refractivity contribution is 4.97. The van der Waals surface area contributed by atoms with E-state index in [1.54, 1.807) is 0 Å². The van der Waals surface area contributed by atoms with Gasteiger partial charge in [0.15, 0.2) is 0 Å². The maximum absolute atomic E-state index is 13.2. The van der Waals surface area contributed by atoms with Gasteiger partial charge in [-0.1, -0.05) is 0 Å². The van der Waals surface area contributed by atoms with Crippen LogP contribution in [0.25, 0.3) is 0 Å². The van der Waals surface area contributed by atoms with Crippen molar-refractivity contribution in [2.24, 2.45) is 0 Å². The Bertz CT molecular complexity index is 374. The number of ether oxygens (including phenoxy) is 1. The standard InChI is InChI=1S/C12H18F8NO.HI/c1-21(4-2-3-5-21)6-7-22-8-10(15,16)12(19,20)11(17,18)9(13)14;/h9H,2-8H2,1H3;1H/q+1;/p-1. The molecular weight excluding hydrogens is 453 g/mol. The molecule has 2 nitrogen and oxygen atoms in total. The van der Waals surface area contributed by atoms with Gasteiger partial charge in [0, 0.05) is 12.8 Å². The van der Waals surface area contributed by atoms with Crippen LogP contribution in [-0.4, -0.2) is 68.6 Å². The first-order valence-corrected chi connectivity index (χ1v) is 6.69. The van der Waals surface area contributed by atoms with Gasteiger partial charge in [-0.25, -0.2) is 8.78 Å². The van der Waals surface area contributed by atoms with Crippen molar-refractivity contribution in [1.29, 1.82) is 0 Å². The minimum atomic E-state index is -6.19. The summed E-state index contributed by atoms with van der Waals surface area (Å²) >= 11 is 0. The molecule has 0 unspecified atom stereocenters. The van der Waals surface area contributed by atoms with Crippen molar-refractivity contribution < 1.29 is 68.3 Å². The van der Waals surface area contributed by atoms with Gasteiger partial charge in [-0.15, -0.1) is 0 Å². The van der Waals surface area contributed by atoms with E-state index in [9.17, 15) is 35.1 Å². The second-order valence-electron chi connectivity index (χ2n) is 5.75. The third kappa shape index (κ3) is 5.03. The molecule has 0 N–H and O–H groups in total. The molecule has 0 aromatic carbocycles. The van der Waals surface area contributed by atoms with E-state index in [4.69, 9.17) is 0 Å². The van der Waals surface area contributed by atoms with E-state index in [2.05, 4.69) is 4.74 Å². The molecule has 140 valence electrons. The Kier molecular flexibility index (Phi) is 8.01. The van der Waals surface area contributed by atoms with E-state index in [0.29, 0.717) is 4.48 Å². The number of hydrogen-bond donors (Lipinski definition) is 0. The quantitative estimate of drug-likeness (QED) is 0.216. The van der Waals surface area contributed by atoms with Crippen LogP contribution in [0.1, 0.15) is 12.8 Å². The molecule has 11 heteroatoms. The van der Waals surface area contributed by atoms with Gasteiger partial charge in [-0.05, 0) is 0 Å². The third-order valence-corrected chi connectivity index (χ3v) is 3.86. The summed E-state index contributed by atoms with van der Waals surface area (Å²) in [7, 11) is 1.83. The molecular formula is C12H18F8INO. The maximum Gasteiger partial charge on any atom is 0.380 e. The molecule has 1 fully saturated rings. The molecule has 0 aromatic rings. The lowest BCUT2D eigenvalue weighted by Crippen LogP contribution is -3.00. The van der Waals surface area contributed by atoms with Gasteiger partial charge in [-0.3, -0.25) is 0 Å². The maximum atomic E-state index is 13.2. The number of hydrogen-bond acceptors (Lipinski definition) is 1. The zero-order chi connectivity index (χ0) is 17.2. The molecule has 0 aromatic heterocycles. The van der Waals surface area contributed by atoms with E-state index in [0.717, 1.165) is 25.9 Å². The summed E-state index contributed by atoms with van der Waals surface area (Å²) in [5.41, 5.74) is 0. The zero-order valence-electron chi connectivity index (χ0n) is 12.3. The molecule has 1 aliphatic heterocycles. The second kappa shape index (κ2) is 7.98. The van der Waals surface area contributed by atoms with Crippen LogP contribution in [0.15, 0.2) is 0 Å². The number of likely N-dealkylation sites (N-methyl/N-ethyl adjacent to an activating group) is 1. The van der Waals surface area contributed by atoms with Gasteiger partial charge in [-0.2, -0.15) is 26.3 Å². The van der Waals surface area contributed by atoms with Crippen LogP contribution < -0.4 is 24.0 Å². The Morgan fingerprint density at radius 2 is 1.48 bits per heavy atom. The molecule has 0 amide bonds. The highest BCUT2D eigenvalue weighted by atomic mass is 127. The lowest BCUT2D eigenvalue weighted by atomic mass is 10.1. The Hall–Kier alpha value is 0.0900. The molecule has 0 atom stereocenters. The van der Waals surface area contributed by atoms with Crippen LogP contribution in [0, 0.1) is 0 Å². The number of rotatable bonds is 8. The SMILES string of the molecule is C[N+]1(CCOCC(F)(F)C(F)(F)C(F)(F)C(F)F)CCCC1.[I-]. The highest BCUT2D eigenvalue weighted by Crippen LogP contribution is 2.48. The monoisotopic (exact) mass is 471 g/mol. The Balaban J connectivity index is 0.00000484. The van der Waals surface area contributed by atoms with Gasteiger partial charge in [0.2, 0.25) is 0 Å². The number of halogens is 9. The van der Waals surface area contributed by atoms with Crippen molar-refractivity contribution in [3.8, 4) is 0 Å². The fourth-order valence-electron chi connectivity index (χ4n) is 2.28. The Morgan fingerprint density at radius 3 is 1.91 bits per heavy atom. The first-order chi connectivity index (χ1) is 9.86. The predicted molar refractivity (Wildman–Crippen MR) is 61.7 cm³/mol. The van der Waals surface area contributed by atoms with Crippen molar-refractivity contribution >= 4 is 0 Å². The Labute approximate surface area is 145 Å². The van der Waals surface area contributed by atoms with Crippen LogP contribution in [0.3, 0.4) is 0 Å². The van der Waals surface area contributed by atoms with E-state index in [1.807, 2.05) is 7.05 Å². The summed E-state index contributed by atoms with van der Waals surface area (Å²) in [6, 6.07) is 0. The number of nitrogens with zero attached hydrogens (tertiary/aromatic N) is 1. The van der Waals surface area contributed by atoms with E-state index < -0.39 is 30.8 Å². The number of alkyl halides is 8. The molecule has 1 heterocycles. The van der Waals surface area contributed by atoms with Gasteiger partial charge in [0.25, 0.3) is 0 Å². The average Bonchev–Trinajstić information content (AvgIpc) is 2.81. The van der Waals surface area contributed by atoms with Crippen molar-refractivity contribution in [2.45, 2.75) is 37.0 Å². The summed E-state index contributed by atoms with van der Waals surface area (Å²) < 4.78 is 106. The lowest BCUT2D eigenvalue weighted by molar-refractivity contribution is -0.898. The molecule has 0 aliphatic carbocycles. The highest BCUT2D eigenvalue weighted by Gasteiger charge is 2.75. The van der Waals surface area contributed by atoms with Crippen molar-refractivity contribution in [1.82, 2.24) is 0 Å². The predicted octanol–water partition coefficient (Wildman–Crippen LogP) is 0.418. The minimum absolute atomic E-state index is 0. The first kappa shape index (κ1) is 23.1. The third-order valence-electron chi connectivity index (χ3n) is 3.86. The summed E-state index contributed by atoms with van der Waals surface area (Å²) in [6.45, 7) is -0.573. The lowest BCUT2D eigenvalue weighted by Gasteiger charge is -2.32. The molecule has 0 bridgehead atoms. The smallest absolute Gasteiger partial charge is 0.380 e. The largest absolute Gasteiger partial charge is 1.00 e. The molecule has 1 aliphatic rings. The number of likely N-dealkylation sites (tertiary alicyclic amines) is 1. The normalized spacial score (nSPS) is 19.0. The summed E-state index contributed by atoms with van der Waals surface area (Å²) in [4.78, 5) is 0. The van der Waals surface area contributed by atoms with Crippen molar-refractivity contribution in [2.75, 3.05) is 39.9 Å². The van der Waals surface area contributed by atoms with Crippen LogP contribution >= 0.6 is 0 Å². The molecule has 0 spiro atoms. The molecule has 1 rings (SSSR count). The van der Waals surface area contributed by atoms with E-state index in [-0.39, 0.29) is 37.1 Å². The Morgan fingerprint density at radius 1 is 1.00 bits per heavy atom. The van der Waals surface area contributed by atoms with Crippen molar-refractivity contribution in [3.05, 3.63) is 0 Å². The summed E-state index contributed by atoms with van der Waals surface area (Å²) in [5, 5.41) is 0. The second-order valence-corrected chi connectivity index (χ2v) is 5.75. The number of quaternary nitrogens is 1. The van der Waals surface area contributed by atoms with E-state index >= 15 is 0 Å². The van der Waals surface area contributed by atoms with Gasteiger partial charge < -0.3 is 33.2 Å². The minimum Gasteiger partial charge on any atom is -1.00 e. The van der Waals surface area contributed by atoms with Crippen molar-refractivity contribution in [3.63, 3.8) is 0 Å². The van der Waals surface area contributed by atoms with Crippen LogP contribution in [0.2, 0.25) is 0 Å². The average molecular weight is 471 g/mol. The topological polar surface area (TPSA) is 9.23 Å². The summed E-state index contributed by atoms with van der Waals surface area (Å²) in [6.07, 6.45) is -3.03. The fraction of sp³-hybridized carbons (Fsp3) is 1.00. The van der Waals surface area contributed by atoms with E-state index in [1.165, 1.54) is 0 Å². The molecule has 1 saturated heterocycles. The fourth-order valence-corrected chi connectivity index (χ4v) is 2.28. The summed E-state index contributed by atoms with van der Waals surface area (Å²) in [5.74, 6) is -17.7. The van der Waals surface area contributed by atoms with Gasteiger partial charge >= 0.3 is 24.2 Å². The van der Waals surface area contributed by atoms with Gasteiger partial charge in [0.1, 0.15) is 13.2 Å². The first-order valence-electron chi connectivity index (χ1n) is 6.69. The van der Waals surface area contributed by atoms with Crippen LogP contribution in [-0.2, 0) is 4.74 Å². The van der Waals surface area contributed by atoms with Crippen LogP contribution in [0.4, 0.5) is 35.1 Å². The van der Waals surface area contributed by atoms with Gasteiger partial charge in [0.05, 0.1) is 26.7 Å². The zero-order valence-corrected chi connectivity index (χ0v) is 14.4. The molecule has 0 saturated carbocycles.